The molecule has 0 heterocycles. The molecule has 8 heteroatoms. The number of likely N-dealkylation sites (N-methyl/N-ethyl adjacent to an activating group) is 1. The fourth-order valence-corrected chi connectivity index (χ4v) is 3.49. The molecule has 0 fully saturated rings. The van der Waals surface area contributed by atoms with Crippen LogP contribution in [0, 0.1) is 3.57 Å². The lowest BCUT2D eigenvalue weighted by molar-refractivity contribution is -0.142. The smallest absolute Gasteiger partial charge is 0.261 e. The first kappa shape index (κ1) is 23.8. The molecule has 1 N–H and O–H groups in total. The topological polar surface area (TPSA) is 58.6 Å². The molecule has 0 radical (unpaired) electrons. The molecule has 0 aliphatic carbocycles. The number of carbonyl (C=O) groups excluding carboxylic acids is 2. The van der Waals surface area contributed by atoms with E-state index in [2.05, 4.69) is 27.9 Å². The summed E-state index contributed by atoms with van der Waals surface area (Å²) in [6, 6.07) is 12.0. The van der Waals surface area contributed by atoms with Crippen LogP contribution in [0.4, 0.5) is 0 Å². The molecule has 2 rings (SSSR count). The van der Waals surface area contributed by atoms with E-state index in [9.17, 15) is 9.59 Å². The molecule has 1 unspecified atom stereocenters. The van der Waals surface area contributed by atoms with E-state index >= 15 is 0 Å². The molecule has 0 spiro atoms. The molecule has 0 aliphatic heterocycles. The third-order valence-electron chi connectivity index (χ3n) is 4.25. The Hall–Kier alpha value is -1.51. The molecule has 29 heavy (non-hydrogen) atoms. The van der Waals surface area contributed by atoms with Gasteiger partial charge in [-0.2, -0.15) is 0 Å². The summed E-state index contributed by atoms with van der Waals surface area (Å²) in [7, 11) is 0. The third kappa shape index (κ3) is 7.04. The van der Waals surface area contributed by atoms with Crippen molar-refractivity contribution in [3.8, 4) is 5.75 Å². The number of benzene rings is 2. The minimum absolute atomic E-state index is 0.169. The van der Waals surface area contributed by atoms with Crippen molar-refractivity contribution in [2.75, 3.05) is 13.2 Å². The lowest BCUT2D eigenvalue weighted by atomic mass is 10.1. The van der Waals surface area contributed by atoms with Gasteiger partial charge in [-0.3, -0.25) is 9.59 Å². The second kappa shape index (κ2) is 11.6. The number of rotatable bonds is 9. The van der Waals surface area contributed by atoms with Crippen LogP contribution in [0.2, 0.25) is 10.0 Å². The number of hydrogen-bond donors (Lipinski definition) is 1. The van der Waals surface area contributed by atoms with E-state index in [-0.39, 0.29) is 25.0 Å². The summed E-state index contributed by atoms with van der Waals surface area (Å²) in [5.74, 6) is 0.115. The van der Waals surface area contributed by atoms with Crippen LogP contribution in [0.5, 0.6) is 5.75 Å². The summed E-state index contributed by atoms with van der Waals surface area (Å²) in [4.78, 5) is 27.1. The molecule has 0 saturated heterocycles. The SMILES string of the molecule is CCNC(=O)C(CC)N(Cc1ccc(Cl)c(Cl)c1)C(=O)COc1ccc(I)cc1. The normalized spacial score (nSPS) is 11.6. The number of halogens is 3. The van der Waals surface area contributed by atoms with Gasteiger partial charge in [-0.05, 0) is 77.9 Å². The van der Waals surface area contributed by atoms with Crippen molar-refractivity contribution >= 4 is 57.6 Å². The van der Waals surface area contributed by atoms with Crippen molar-refractivity contribution in [2.24, 2.45) is 0 Å². The summed E-state index contributed by atoms with van der Waals surface area (Å²) < 4.78 is 6.72. The van der Waals surface area contributed by atoms with E-state index in [4.69, 9.17) is 27.9 Å². The van der Waals surface area contributed by atoms with Crippen molar-refractivity contribution in [3.05, 3.63) is 61.6 Å². The molecular formula is C21H23Cl2IN2O3. The number of amides is 2. The van der Waals surface area contributed by atoms with Crippen LogP contribution in [-0.4, -0.2) is 35.9 Å². The molecule has 0 aliphatic rings. The molecule has 0 bridgehead atoms. The van der Waals surface area contributed by atoms with Gasteiger partial charge in [-0.25, -0.2) is 0 Å². The summed E-state index contributed by atoms with van der Waals surface area (Å²) >= 11 is 14.3. The quantitative estimate of drug-likeness (QED) is 0.452. The highest BCUT2D eigenvalue weighted by atomic mass is 127. The molecule has 0 saturated carbocycles. The molecule has 2 amide bonds. The van der Waals surface area contributed by atoms with E-state index in [1.54, 1.807) is 30.3 Å². The monoisotopic (exact) mass is 548 g/mol. The van der Waals surface area contributed by atoms with Gasteiger partial charge < -0.3 is 15.0 Å². The lowest BCUT2D eigenvalue weighted by Gasteiger charge is -2.30. The van der Waals surface area contributed by atoms with Crippen LogP contribution in [0.25, 0.3) is 0 Å². The Morgan fingerprint density at radius 1 is 1.10 bits per heavy atom. The highest BCUT2D eigenvalue weighted by Crippen LogP contribution is 2.24. The number of nitrogens with zero attached hydrogens (tertiary/aromatic N) is 1. The average molecular weight is 549 g/mol. The van der Waals surface area contributed by atoms with Gasteiger partial charge in [0.25, 0.3) is 5.91 Å². The van der Waals surface area contributed by atoms with Gasteiger partial charge in [0.2, 0.25) is 5.91 Å². The van der Waals surface area contributed by atoms with Crippen molar-refractivity contribution in [1.82, 2.24) is 10.2 Å². The second-order valence-electron chi connectivity index (χ2n) is 6.33. The number of carbonyl (C=O) groups is 2. The first-order chi connectivity index (χ1) is 13.8. The van der Waals surface area contributed by atoms with Gasteiger partial charge in [0.05, 0.1) is 10.0 Å². The van der Waals surface area contributed by atoms with Crippen molar-refractivity contribution in [1.29, 1.82) is 0 Å². The Morgan fingerprint density at radius 2 is 1.79 bits per heavy atom. The standard InChI is InChI=1S/C21H23Cl2IN2O3/c1-3-19(21(28)25-4-2)26(12-14-5-10-17(22)18(23)11-14)20(27)13-29-16-8-6-15(24)7-9-16/h5-11,19H,3-4,12-13H2,1-2H3,(H,25,28). The van der Waals surface area contributed by atoms with Crippen molar-refractivity contribution in [3.63, 3.8) is 0 Å². The molecular weight excluding hydrogens is 526 g/mol. The van der Waals surface area contributed by atoms with E-state index in [1.807, 2.05) is 26.0 Å². The van der Waals surface area contributed by atoms with Crippen molar-refractivity contribution in [2.45, 2.75) is 32.9 Å². The van der Waals surface area contributed by atoms with E-state index in [0.29, 0.717) is 28.8 Å². The maximum atomic E-state index is 13.0. The predicted molar refractivity (Wildman–Crippen MR) is 124 cm³/mol. The molecule has 1 atom stereocenters. The van der Waals surface area contributed by atoms with Gasteiger partial charge in [0.15, 0.2) is 6.61 Å². The van der Waals surface area contributed by atoms with Crippen molar-refractivity contribution < 1.29 is 14.3 Å². The van der Waals surface area contributed by atoms with Crippen LogP contribution in [-0.2, 0) is 16.1 Å². The molecule has 0 aromatic heterocycles. The van der Waals surface area contributed by atoms with E-state index in [0.717, 1.165) is 9.13 Å². The zero-order valence-corrected chi connectivity index (χ0v) is 19.9. The highest BCUT2D eigenvalue weighted by Gasteiger charge is 2.28. The van der Waals surface area contributed by atoms with Gasteiger partial charge in [-0.1, -0.05) is 36.2 Å². The zero-order chi connectivity index (χ0) is 21.4. The van der Waals surface area contributed by atoms with Crippen LogP contribution < -0.4 is 10.1 Å². The van der Waals surface area contributed by atoms with Crippen LogP contribution in [0.3, 0.4) is 0 Å². The van der Waals surface area contributed by atoms with E-state index < -0.39 is 6.04 Å². The Labute approximate surface area is 194 Å². The number of ether oxygens (including phenoxy) is 1. The Morgan fingerprint density at radius 3 is 2.38 bits per heavy atom. The van der Waals surface area contributed by atoms with Crippen LogP contribution in [0.15, 0.2) is 42.5 Å². The van der Waals surface area contributed by atoms with Gasteiger partial charge >= 0.3 is 0 Å². The Bertz CT molecular complexity index is 846. The van der Waals surface area contributed by atoms with Crippen LogP contribution >= 0.6 is 45.8 Å². The first-order valence-electron chi connectivity index (χ1n) is 9.25. The summed E-state index contributed by atoms with van der Waals surface area (Å²) in [5, 5.41) is 3.63. The fourth-order valence-electron chi connectivity index (χ4n) is 2.81. The van der Waals surface area contributed by atoms with Gasteiger partial charge in [0.1, 0.15) is 11.8 Å². The Kier molecular flexibility index (Phi) is 9.52. The predicted octanol–water partition coefficient (Wildman–Crippen LogP) is 4.92. The van der Waals surface area contributed by atoms with Gasteiger partial charge in [-0.15, -0.1) is 0 Å². The first-order valence-corrected chi connectivity index (χ1v) is 11.1. The maximum Gasteiger partial charge on any atom is 0.261 e. The molecule has 2 aromatic carbocycles. The van der Waals surface area contributed by atoms with Crippen LogP contribution in [0.1, 0.15) is 25.8 Å². The summed E-state index contributed by atoms with van der Waals surface area (Å²) in [5.41, 5.74) is 0.782. The third-order valence-corrected chi connectivity index (χ3v) is 5.71. The summed E-state index contributed by atoms with van der Waals surface area (Å²) in [6.07, 6.45) is 0.475. The minimum Gasteiger partial charge on any atom is -0.484 e. The minimum atomic E-state index is -0.614. The second-order valence-corrected chi connectivity index (χ2v) is 8.39. The highest BCUT2D eigenvalue weighted by molar-refractivity contribution is 14.1. The molecule has 5 nitrogen and oxygen atoms in total. The molecule has 156 valence electrons. The largest absolute Gasteiger partial charge is 0.484 e. The molecule has 2 aromatic rings. The number of hydrogen-bond acceptors (Lipinski definition) is 3. The number of nitrogens with one attached hydrogen (secondary N) is 1. The zero-order valence-electron chi connectivity index (χ0n) is 16.3. The van der Waals surface area contributed by atoms with Gasteiger partial charge in [0, 0.05) is 16.7 Å². The average Bonchev–Trinajstić information content (AvgIpc) is 2.70. The van der Waals surface area contributed by atoms with E-state index in [1.165, 1.54) is 4.90 Å². The summed E-state index contributed by atoms with van der Waals surface area (Å²) in [6.45, 7) is 4.26. The fraction of sp³-hybridized carbons (Fsp3) is 0.333. The maximum absolute atomic E-state index is 13.0. The Balaban J connectivity index is 2.21. The lowest BCUT2D eigenvalue weighted by Crippen LogP contribution is -2.50.